The number of rotatable bonds is 2. The Hall–Kier alpha value is -3.33. The molecule has 6 rings (SSSR count). The number of para-hydroxylation sites is 1. The predicted molar refractivity (Wildman–Crippen MR) is 117 cm³/mol. The van der Waals surface area contributed by atoms with Crippen LogP contribution in [0.4, 0.5) is 0 Å². The summed E-state index contributed by atoms with van der Waals surface area (Å²) in [5.74, 6) is 0. The summed E-state index contributed by atoms with van der Waals surface area (Å²) in [6.07, 6.45) is 3.71. The van der Waals surface area contributed by atoms with Crippen LogP contribution in [-0.4, -0.2) is 9.97 Å². The fourth-order valence-corrected chi connectivity index (χ4v) is 3.90. The van der Waals surface area contributed by atoms with Crippen molar-refractivity contribution in [2.45, 2.75) is 0 Å². The zero-order chi connectivity index (χ0) is 19.2. The number of nitrogens with zero attached hydrogens (tertiary/aromatic N) is 2. The summed E-state index contributed by atoms with van der Waals surface area (Å²) in [4.78, 5) is 9.08. The van der Waals surface area contributed by atoms with E-state index in [9.17, 15) is 0 Å². The first-order valence-corrected chi connectivity index (χ1v) is 9.50. The molecule has 0 saturated carbocycles. The Morgan fingerprint density at radius 3 is 2.57 bits per heavy atom. The van der Waals surface area contributed by atoms with Crippen molar-refractivity contribution in [2.24, 2.45) is 0 Å². The van der Waals surface area contributed by atoms with E-state index in [1.54, 1.807) is 6.20 Å². The Morgan fingerprint density at radius 2 is 1.63 bits per heavy atom. The molecule has 0 aliphatic heterocycles. The molecule has 0 N–H and O–H groups in total. The number of pyridine rings is 2. The van der Waals surface area contributed by atoms with Crippen molar-refractivity contribution in [3.8, 4) is 22.4 Å². The summed E-state index contributed by atoms with van der Waals surface area (Å²) >= 11 is 0. The van der Waals surface area contributed by atoms with E-state index < -0.39 is 0 Å². The van der Waals surface area contributed by atoms with Gasteiger partial charge in [-0.3, -0.25) is 0 Å². The van der Waals surface area contributed by atoms with Crippen LogP contribution in [0.25, 0.3) is 55.2 Å². The first-order valence-electron chi connectivity index (χ1n) is 9.50. The topological polar surface area (TPSA) is 38.9 Å². The standard InChI is InChI=1S/C26H15N2O.Ir/c1-2-7-20-16-28-23(15-17(20)6-1)19-9-5-8-18(14-19)21-12-13-27-26-25(21)22-10-3-4-11-24(22)29-26;/h1-8,10-16H;/q-1;. The van der Waals surface area contributed by atoms with Crippen LogP contribution in [0.5, 0.6) is 0 Å². The van der Waals surface area contributed by atoms with Gasteiger partial charge in [-0.25, -0.2) is 4.98 Å². The normalized spacial score (nSPS) is 11.1. The molecule has 0 spiro atoms. The molecule has 0 bridgehead atoms. The van der Waals surface area contributed by atoms with E-state index in [-0.39, 0.29) is 20.1 Å². The van der Waals surface area contributed by atoms with E-state index in [4.69, 9.17) is 4.42 Å². The van der Waals surface area contributed by atoms with Crippen molar-refractivity contribution in [2.75, 3.05) is 0 Å². The molecule has 3 aromatic heterocycles. The second-order valence-electron chi connectivity index (χ2n) is 7.04. The van der Waals surface area contributed by atoms with Gasteiger partial charge in [0.15, 0.2) is 0 Å². The smallest absolute Gasteiger partial charge is 0.227 e. The number of benzene rings is 3. The minimum absolute atomic E-state index is 0. The van der Waals surface area contributed by atoms with Gasteiger partial charge in [0.05, 0.1) is 5.39 Å². The van der Waals surface area contributed by atoms with Gasteiger partial charge < -0.3 is 9.40 Å². The second-order valence-corrected chi connectivity index (χ2v) is 7.04. The molecule has 3 aromatic carbocycles. The maximum atomic E-state index is 5.95. The van der Waals surface area contributed by atoms with E-state index in [0.29, 0.717) is 5.71 Å². The third-order valence-electron chi connectivity index (χ3n) is 5.30. The Morgan fingerprint density at radius 1 is 0.800 bits per heavy atom. The molecule has 3 heterocycles. The molecule has 0 fully saturated rings. The van der Waals surface area contributed by atoms with Gasteiger partial charge in [-0.2, -0.15) is 0 Å². The molecule has 0 amide bonds. The van der Waals surface area contributed by atoms with Crippen LogP contribution >= 0.6 is 0 Å². The molecule has 0 aliphatic rings. The third kappa shape index (κ3) is 3.02. The SMILES string of the molecule is [Ir].[c-]1ccc(-c2ccnc3oc4ccccc4c23)cc1-c1cc2ccccc2cn1. The summed E-state index contributed by atoms with van der Waals surface area (Å²) in [7, 11) is 0. The van der Waals surface area contributed by atoms with Crippen LogP contribution in [0.15, 0.2) is 95.7 Å². The van der Waals surface area contributed by atoms with E-state index >= 15 is 0 Å². The van der Waals surface area contributed by atoms with E-state index in [0.717, 1.165) is 44.1 Å². The number of fused-ring (bicyclic) bond motifs is 4. The average molecular weight is 564 g/mol. The fraction of sp³-hybridized carbons (Fsp3) is 0. The van der Waals surface area contributed by atoms with Crippen LogP contribution in [0, 0.1) is 6.07 Å². The largest absolute Gasteiger partial charge is 0.438 e. The van der Waals surface area contributed by atoms with Crippen LogP contribution < -0.4 is 0 Å². The first kappa shape index (κ1) is 18.7. The van der Waals surface area contributed by atoms with Gasteiger partial charge in [-0.15, -0.1) is 29.8 Å². The zero-order valence-electron chi connectivity index (χ0n) is 15.8. The van der Waals surface area contributed by atoms with Crippen LogP contribution in [0.1, 0.15) is 0 Å². The average Bonchev–Trinajstić information content (AvgIpc) is 3.18. The van der Waals surface area contributed by atoms with Crippen LogP contribution in [0.2, 0.25) is 0 Å². The Bertz CT molecular complexity index is 1520. The molecule has 0 unspecified atom stereocenters. The molecule has 4 heteroatoms. The van der Waals surface area contributed by atoms with E-state index in [1.807, 2.05) is 48.7 Å². The summed E-state index contributed by atoms with van der Waals surface area (Å²) in [5.41, 5.74) is 5.56. The van der Waals surface area contributed by atoms with Crippen LogP contribution in [0.3, 0.4) is 0 Å². The summed E-state index contributed by atoms with van der Waals surface area (Å²) in [5, 5.41) is 4.41. The summed E-state index contributed by atoms with van der Waals surface area (Å²) in [6, 6.07) is 30.0. The molecule has 3 nitrogen and oxygen atoms in total. The maximum absolute atomic E-state index is 5.95. The number of aromatic nitrogens is 2. The maximum Gasteiger partial charge on any atom is 0.227 e. The summed E-state index contributed by atoms with van der Waals surface area (Å²) < 4.78 is 5.95. The Labute approximate surface area is 186 Å². The monoisotopic (exact) mass is 564 g/mol. The van der Waals surface area contributed by atoms with Gasteiger partial charge in [0.2, 0.25) is 5.71 Å². The zero-order valence-corrected chi connectivity index (χ0v) is 18.2. The van der Waals surface area contributed by atoms with Crippen LogP contribution in [-0.2, 0) is 20.1 Å². The second kappa shape index (κ2) is 7.49. The first-order chi connectivity index (χ1) is 14.4. The van der Waals surface area contributed by atoms with Gasteiger partial charge in [0.1, 0.15) is 5.58 Å². The molecule has 30 heavy (non-hydrogen) atoms. The molecule has 0 saturated heterocycles. The number of furan rings is 1. The van der Waals surface area contributed by atoms with Crippen molar-refractivity contribution in [3.05, 3.63) is 97.3 Å². The van der Waals surface area contributed by atoms with Gasteiger partial charge in [-0.05, 0) is 34.2 Å². The van der Waals surface area contributed by atoms with Gasteiger partial charge in [-0.1, -0.05) is 54.1 Å². The third-order valence-corrected chi connectivity index (χ3v) is 5.30. The molecule has 6 aromatic rings. The summed E-state index contributed by atoms with van der Waals surface area (Å²) in [6.45, 7) is 0. The predicted octanol–water partition coefficient (Wildman–Crippen LogP) is 6.66. The minimum atomic E-state index is 0. The molecular weight excluding hydrogens is 549 g/mol. The quantitative estimate of drug-likeness (QED) is 0.221. The molecule has 1 radical (unpaired) electrons. The molecule has 0 aliphatic carbocycles. The van der Waals surface area contributed by atoms with E-state index in [2.05, 4.69) is 52.4 Å². The van der Waals surface area contributed by atoms with E-state index in [1.165, 1.54) is 5.39 Å². The molecule has 145 valence electrons. The Balaban J connectivity index is 0.00000193. The van der Waals surface area contributed by atoms with Gasteiger partial charge >= 0.3 is 0 Å². The Kier molecular flexibility index (Phi) is 4.66. The number of hydrogen-bond donors (Lipinski definition) is 0. The van der Waals surface area contributed by atoms with Crippen molar-refractivity contribution in [3.63, 3.8) is 0 Å². The minimum Gasteiger partial charge on any atom is -0.438 e. The number of hydrogen-bond acceptors (Lipinski definition) is 3. The molecular formula is C26H15IrN2O-. The van der Waals surface area contributed by atoms with Crippen molar-refractivity contribution >= 4 is 32.8 Å². The van der Waals surface area contributed by atoms with Gasteiger partial charge in [0.25, 0.3) is 0 Å². The van der Waals surface area contributed by atoms with Crippen molar-refractivity contribution in [1.82, 2.24) is 9.97 Å². The van der Waals surface area contributed by atoms with Gasteiger partial charge in [0, 0.05) is 37.9 Å². The van der Waals surface area contributed by atoms with Crippen molar-refractivity contribution < 1.29 is 24.5 Å². The fourth-order valence-electron chi connectivity index (χ4n) is 3.90. The molecule has 0 atom stereocenters. The van der Waals surface area contributed by atoms with Crippen molar-refractivity contribution in [1.29, 1.82) is 0 Å².